The average molecular weight is 369 g/mol. The number of aliphatic carboxylic acids is 1. The van der Waals surface area contributed by atoms with Crippen LogP contribution in [-0.2, 0) is 16.0 Å². The number of anilines is 1. The average Bonchev–Trinajstić information content (AvgIpc) is 2.55. The largest absolute Gasteiger partial charge is 0.478 e. The highest BCUT2D eigenvalue weighted by atomic mass is 16.5. The first kappa shape index (κ1) is 20.5. The first-order valence-electron chi connectivity index (χ1n) is 9.11. The number of carboxylic acid groups (broad SMARTS) is 1. The Morgan fingerprint density at radius 3 is 2.19 bits per heavy atom. The van der Waals surface area contributed by atoms with Crippen molar-refractivity contribution < 1.29 is 19.4 Å². The standard InChI is InChI=1S/C22H27NO4/c1-5-10-22(4,21(25)26)27-19-8-6-17(7-9-19)14-20(24)23-18-12-15(2)11-16(3)13-18/h6-9,11-13H,5,10,14H2,1-4H3,(H,23,24)(H,25,26). The number of aryl methyl sites for hydroxylation is 2. The van der Waals surface area contributed by atoms with E-state index in [1.165, 1.54) is 0 Å². The molecule has 2 aromatic rings. The molecule has 27 heavy (non-hydrogen) atoms. The molecule has 1 unspecified atom stereocenters. The fourth-order valence-electron chi connectivity index (χ4n) is 3.05. The number of nitrogens with one attached hydrogen (secondary N) is 1. The van der Waals surface area contributed by atoms with Crippen LogP contribution in [0.5, 0.6) is 5.75 Å². The van der Waals surface area contributed by atoms with Crippen molar-refractivity contribution in [3.05, 3.63) is 59.2 Å². The molecule has 0 bridgehead atoms. The Morgan fingerprint density at radius 1 is 1.07 bits per heavy atom. The van der Waals surface area contributed by atoms with Crippen molar-refractivity contribution in [2.24, 2.45) is 0 Å². The summed E-state index contributed by atoms with van der Waals surface area (Å²) >= 11 is 0. The number of carbonyl (C=O) groups is 2. The van der Waals surface area contributed by atoms with E-state index in [-0.39, 0.29) is 12.3 Å². The van der Waals surface area contributed by atoms with E-state index in [2.05, 4.69) is 11.4 Å². The van der Waals surface area contributed by atoms with Crippen LogP contribution in [0, 0.1) is 13.8 Å². The van der Waals surface area contributed by atoms with Gasteiger partial charge in [0.25, 0.3) is 0 Å². The third kappa shape index (κ3) is 5.84. The van der Waals surface area contributed by atoms with Crippen molar-refractivity contribution in [1.82, 2.24) is 0 Å². The lowest BCUT2D eigenvalue weighted by atomic mass is 10.0. The maximum absolute atomic E-state index is 12.3. The second kappa shape index (κ2) is 8.71. The molecular weight excluding hydrogens is 342 g/mol. The van der Waals surface area contributed by atoms with Gasteiger partial charge < -0.3 is 15.2 Å². The van der Waals surface area contributed by atoms with Crippen LogP contribution in [-0.4, -0.2) is 22.6 Å². The van der Waals surface area contributed by atoms with E-state index >= 15 is 0 Å². The molecule has 144 valence electrons. The lowest BCUT2D eigenvalue weighted by molar-refractivity contribution is -0.154. The maximum Gasteiger partial charge on any atom is 0.347 e. The first-order valence-corrected chi connectivity index (χ1v) is 9.11. The molecule has 1 amide bonds. The highest BCUT2D eigenvalue weighted by molar-refractivity contribution is 5.92. The molecule has 0 saturated heterocycles. The zero-order valence-corrected chi connectivity index (χ0v) is 16.3. The Balaban J connectivity index is 2.00. The van der Waals surface area contributed by atoms with Crippen molar-refractivity contribution in [1.29, 1.82) is 0 Å². The van der Waals surface area contributed by atoms with Crippen LogP contribution in [0.1, 0.15) is 43.4 Å². The fourth-order valence-corrected chi connectivity index (χ4v) is 3.05. The van der Waals surface area contributed by atoms with Gasteiger partial charge in [0.2, 0.25) is 11.5 Å². The maximum atomic E-state index is 12.3. The lowest BCUT2D eigenvalue weighted by Gasteiger charge is -2.26. The van der Waals surface area contributed by atoms with Crippen LogP contribution in [0.3, 0.4) is 0 Å². The third-order valence-electron chi connectivity index (χ3n) is 4.32. The molecule has 0 heterocycles. The number of ether oxygens (including phenoxy) is 1. The van der Waals surface area contributed by atoms with Gasteiger partial charge in [-0.2, -0.15) is 0 Å². The zero-order valence-electron chi connectivity index (χ0n) is 16.3. The summed E-state index contributed by atoms with van der Waals surface area (Å²) in [5.41, 5.74) is 2.56. The van der Waals surface area contributed by atoms with Crippen LogP contribution >= 0.6 is 0 Å². The predicted octanol–water partition coefficient (Wildman–Crippen LogP) is 4.51. The van der Waals surface area contributed by atoms with Crippen LogP contribution in [0.4, 0.5) is 5.69 Å². The molecule has 2 rings (SSSR count). The van der Waals surface area contributed by atoms with Crippen molar-refractivity contribution >= 4 is 17.6 Å². The Hall–Kier alpha value is -2.82. The topological polar surface area (TPSA) is 75.6 Å². The van der Waals surface area contributed by atoms with Gasteiger partial charge in [0, 0.05) is 5.69 Å². The number of benzene rings is 2. The lowest BCUT2D eigenvalue weighted by Crippen LogP contribution is -2.41. The molecule has 0 aliphatic heterocycles. The molecule has 0 aliphatic carbocycles. The summed E-state index contributed by atoms with van der Waals surface area (Å²) in [7, 11) is 0. The Bertz CT molecular complexity index is 793. The van der Waals surface area contributed by atoms with Gasteiger partial charge >= 0.3 is 5.97 Å². The molecule has 0 saturated carbocycles. The number of hydrogen-bond donors (Lipinski definition) is 2. The molecule has 5 nitrogen and oxygen atoms in total. The van der Waals surface area contributed by atoms with Crippen molar-refractivity contribution in [3.8, 4) is 5.75 Å². The summed E-state index contributed by atoms with van der Waals surface area (Å²) in [4.78, 5) is 23.7. The minimum absolute atomic E-state index is 0.102. The summed E-state index contributed by atoms with van der Waals surface area (Å²) in [6.07, 6.45) is 1.36. The minimum Gasteiger partial charge on any atom is -0.478 e. The van der Waals surface area contributed by atoms with E-state index in [0.29, 0.717) is 18.6 Å². The van der Waals surface area contributed by atoms with Gasteiger partial charge in [-0.3, -0.25) is 4.79 Å². The van der Waals surface area contributed by atoms with Gasteiger partial charge in [-0.05, 0) is 68.1 Å². The van der Waals surface area contributed by atoms with Gasteiger partial charge in [0.05, 0.1) is 6.42 Å². The SMILES string of the molecule is CCCC(C)(Oc1ccc(CC(=O)Nc2cc(C)cc(C)c2)cc1)C(=O)O. The van der Waals surface area contributed by atoms with E-state index in [4.69, 9.17) is 4.74 Å². The second-order valence-electron chi connectivity index (χ2n) is 7.13. The molecular formula is C22H27NO4. The third-order valence-corrected chi connectivity index (χ3v) is 4.32. The van der Waals surface area contributed by atoms with Gasteiger partial charge in [0.15, 0.2) is 0 Å². The molecule has 0 radical (unpaired) electrons. The van der Waals surface area contributed by atoms with Crippen LogP contribution in [0.25, 0.3) is 0 Å². The van der Waals surface area contributed by atoms with E-state index in [9.17, 15) is 14.7 Å². The fraction of sp³-hybridized carbons (Fsp3) is 0.364. The van der Waals surface area contributed by atoms with Gasteiger partial charge in [-0.25, -0.2) is 4.79 Å². The van der Waals surface area contributed by atoms with E-state index in [0.717, 1.165) is 22.4 Å². The van der Waals surface area contributed by atoms with Crippen LogP contribution in [0.2, 0.25) is 0 Å². The summed E-state index contributed by atoms with van der Waals surface area (Å²) in [5.74, 6) is -0.608. The van der Waals surface area contributed by atoms with Gasteiger partial charge in [0.1, 0.15) is 5.75 Å². The molecule has 5 heteroatoms. The Morgan fingerprint density at radius 2 is 1.67 bits per heavy atom. The Kier molecular flexibility index (Phi) is 6.61. The summed E-state index contributed by atoms with van der Waals surface area (Å²) < 4.78 is 5.69. The normalized spacial score (nSPS) is 12.9. The first-order chi connectivity index (χ1) is 12.7. The molecule has 0 aromatic heterocycles. The van der Waals surface area contributed by atoms with Crippen molar-refractivity contribution in [2.45, 2.75) is 52.6 Å². The summed E-state index contributed by atoms with van der Waals surface area (Å²) in [6.45, 7) is 7.47. The predicted molar refractivity (Wildman–Crippen MR) is 106 cm³/mol. The number of hydrogen-bond acceptors (Lipinski definition) is 3. The molecule has 2 N–H and O–H groups in total. The van der Waals surface area contributed by atoms with Crippen LogP contribution < -0.4 is 10.1 Å². The monoisotopic (exact) mass is 369 g/mol. The van der Waals surface area contributed by atoms with Crippen molar-refractivity contribution in [2.75, 3.05) is 5.32 Å². The van der Waals surface area contributed by atoms with E-state index in [1.54, 1.807) is 31.2 Å². The number of carboxylic acids is 1. The van der Waals surface area contributed by atoms with Crippen molar-refractivity contribution in [3.63, 3.8) is 0 Å². The highest BCUT2D eigenvalue weighted by Crippen LogP contribution is 2.24. The minimum atomic E-state index is -1.25. The van der Waals surface area contributed by atoms with Gasteiger partial charge in [-0.15, -0.1) is 0 Å². The quantitative estimate of drug-likeness (QED) is 0.718. The zero-order chi connectivity index (χ0) is 20.0. The van der Waals surface area contributed by atoms with E-state index < -0.39 is 11.6 Å². The van der Waals surface area contributed by atoms with Gasteiger partial charge in [-0.1, -0.05) is 31.5 Å². The second-order valence-corrected chi connectivity index (χ2v) is 7.13. The molecule has 0 aliphatic rings. The number of amides is 1. The molecule has 2 aromatic carbocycles. The number of rotatable bonds is 8. The molecule has 0 spiro atoms. The van der Waals surface area contributed by atoms with E-state index in [1.807, 2.05) is 32.9 Å². The number of carbonyl (C=O) groups excluding carboxylic acids is 1. The Labute approximate surface area is 160 Å². The molecule has 0 fully saturated rings. The smallest absolute Gasteiger partial charge is 0.347 e. The van der Waals surface area contributed by atoms with Crippen LogP contribution in [0.15, 0.2) is 42.5 Å². The highest BCUT2D eigenvalue weighted by Gasteiger charge is 2.34. The molecule has 1 atom stereocenters. The summed E-state index contributed by atoms with van der Waals surface area (Å²) in [6, 6.07) is 12.9. The summed E-state index contributed by atoms with van der Waals surface area (Å²) in [5, 5.41) is 12.3.